The van der Waals surface area contributed by atoms with Crippen LogP contribution in [0.4, 0.5) is 4.39 Å². The molecule has 152 valence electrons. The van der Waals surface area contributed by atoms with E-state index in [0.717, 1.165) is 5.56 Å². The van der Waals surface area contributed by atoms with Crippen molar-refractivity contribution in [2.75, 3.05) is 13.1 Å². The number of rotatable bonds is 5. The van der Waals surface area contributed by atoms with Crippen molar-refractivity contribution >= 4 is 23.3 Å². The molecule has 0 spiro atoms. The van der Waals surface area contributed by atoms with Gasteiger partial charge in [0.1, 0.15) is 23.2 Å². The van der Waals surface area contributed by atoms with Gasteiger partial charge in [0.15, 0.2) is 0 Å². The lowest BCUT2D eigenvalue weighted by molar-refractivity contribution is -0.114. The second kappa shape index (κ2) is 8.97. The lowest BCUT2D eigenvalue weighted by Crippen LogP contribution is -2.41. The van der Waals surface area contributed by atoms with Gasteiger partial charge in [0.2, 0.25) is 0 Å². The molecule has 0 aromatic heterocycles. The maximum absolute atomic E-state index is 13.9. The minimum Gasteiger partial charge on any atom is -0.394 e. The van der Waals surface area contributed by atoms with Crippen LogP contribution in [0, 0.1) is 18.7 Å². The molecule has 7 nitrogen and oxygen atoms in total. The third-order valence-electron chi connectivity index (χ3n) is 4.45. The summed E-state index contributed by atoms with van der Waals surface area (Å²) in [5.74, 6) is -0.652. The first-order valence-electron chi connectivity index (χ1n) is 8.89. The van der Waals surface area contributed by atoms with Crippen molar-refractivity contribution < 1.29 is 9.18 Å². The molecule has 9 heteroatoms. The highest BCUT2D eigenvalue weighted by molar-refractivity contribution is 6.31. The van der Waals surface area contributed by atoms with Crippen LogP contribution in [-0.4, -0.2) is 29.7 Å². The minimum absolute atomic E-state index is 0.0683. The molecule has 0 fully saturated rings. The van der Waals surface area contributed by atoms with Gasteiger partial charge in [-0.3, -0.25) is 4.79 Å². The van der Waals surface area contributed by atoms with Crippen LogP contribution < -0.4 is 22.5 Å². The molecule has 1 aliphatic rings. The number of aryl methyl sites for hydroxylation is 1. The normalized spacial score (nSPS) is 15.9. The summed E-state index contributed by atoms with van der Waals surface area (Å²) >= 11 is 6.15. The van der Waals surface area contributed by atoms with E-state index < -0.39 is 11.7 Å². The molecular weight excluding hydrogens is 383 g/mol. The van der Waals surface area contributed by atoms with Crippen LogP contribution in [0.25, 0.3) is 0 Å². The van der Waals surface area contributed by atoms with Crippen molar-refractivity contribution in [2.24, 2.45) is 28.1 Å². The van der Waals surface area contributed by atoms with E-state index >= 15 is 0 Å². The molecule has 1 heterocycles. The van der Waals surface area contributed by atoms with E-state index in [2.05, 4.69) is 10.3 Å². The number of nitrogens with one attached hydrogen (secondary N) is 1. The van der Waals surface area contributed by atoms with Crippen molar-refractivity contribution in [3.8, 4) is 0 Å². The van der Waals surface area contributed by atoms with Crippen molar-refractivity contribution in [3.05, 3.63) is 57.4 Å². The number of benzene rings is 1. The van der Waals surface area contributed by atoms with E-state index in [1.165, 1.54) is 12.1 Å². The predicted molar refractivity (Wildman–Crippen MR) is 110 cm³/mol. The molecule has 1 aromatic carbocycles. The highest BCUT2D eigenvalue weighted by Gasteiger charge is 2.21. The summed E-state index contributed by atoms with van der Waals surface area (Å²) in [7, 11) is 0. The van der Waals surface area contributed by atoms with Crippen molar-refractivity contribution in [2.45, 2.75) is 27.3 Å². The molecule has 0 saturated carbocycles. The van der Waals surface area contributed by atoms with E-state index in [0.29, 0.717) is 36.7 Å². The van der Waals surface area contributed by atoms with Gasteiger partial charge in [-0.15, -0.1) is 0 Å². The first-order chi connectivity index (χ1) is 13.1. The van der Waals surface area contributed by atoms with Crippen LogP contribution in [0.15, 0.2) is 40.4 Å². The summed E-state index contributed by atoms with van der Waals surface area (Å²) in [6.45, 7) is 6.97. The van der Waals surface area contributed by atoms with E-state index in [1.54, 1.807) is 6.07 Å². The number of nitrogens with two attached hydrogens (primary N) is 3. The predicted octanol–water partition coefficient (Wildman–Crippen LogP) is 1.70. The van der Waals surface area contributed by atoms with E-state index in [4.69, 9.17) is 28.8 Å². The number of amides is 1. The highest BCUT2D eigenvalue weighted by atomic mass is 35.5. The summed E-state index contributed by atoms with van der Waals surface area (Å²) in [5.41, 5.74) is 19.6. The smallest absolute Gasteiger partial charge is 0.294 e. The number of hydrogen-bond acceptors (Lipinski definition) is 5. The summed E-state index contributed by atoms with van der Waals surface area (Å²) in [4.78, 5) is 17.9. The van der Waals surface area contributed by atoms with E-state index in [9.17, 15) is 9.18 Å². The van der Waals surface area contributed by atoms with Crippen LogP contribution in [0.3, 0.4) is 0 Å². The van der Waals surface area contributed by atoms with Crippen LogP contribution in [0.2, 0.25) is 5.02 Å². The Morgan fingerprint density at radius 3 is 2.75 bits per heavy atom. The van der Waals surface area contributed by atoms with Crippen LogP contribution >= 0.6 is 11.6 Å². The Labute approximate surface area is 169 Å². The Morgan fingerprint density at radius 1 is 1.43 bits per heavy atom. The number of aliphatic imine (C=N–C) groups is 1. The van der Waals surface area contributed by atoms with Crippen LogP contribution in [0.5, 0.6) is 0 Å². The summed E-state index contributed by atoms with van der Waals surface area (Å²) < 4.78 is 13.9. The quantitative estimate of drug-likeness (QED) is 0.334. The molecule has 28 heavy (non-hydrogen) atoms. The van der Waals surface area contributed by atoms with Crippen molar-refractivity contribution in [3.63, 3.8) is 0 Å². The summed E-state index contributed by atoms with van der Waals surface area (Å²) in [5, 5.41) is 3.10. The average molecular weight is 409 g/mol. The molecular formula is C19H26ClFN6O. The Balaban J connectivity index is 2.35. The maximum atomic E-state index is 13.9. The summed E-state index contributed by atoms with van der Waals surface area (Å²) in [6, 6.07) is 3.00. The third-order valence-corrected chi connectivity index (χ3v) is 4.86. The second-order valence-electron chi connectivity index (χ2n) is 6.90. The zero-order valence-corrected chi connectivity index (χ0v) is 17.0. The molecule has 7 N–H and O–H groups in total. The third kappa shape index (κ3) is 4.95. The van der Waals surface area contributed by atoms with Gasteiger partial charge >= 0.3 is 0 Å². The monoisotopic (exact) mass is 408 g/mol. The number of nitrogens with zero attached hydrogens (tertiary/aromatic N) is 2. The standard InChI is InChI=1S/C19H26ClFN6O/c1-10(2)17(23)26-19(28)14(22)8-15-18(24)25-6-7-27(15)9-12-11(3)4-5-13(21)16(12)20/h4-5,8,10,25H,6-7,9,22,24H2,1-3H3,(H2,23,26,28)/b14-8-. The van der Waals surface area contributed by atoms with Gasteiger partial charge in [0.05, 0.1) is 10.7 Å². The number of amidine groups is 1. The number of halogens is 2. The van der Waals surface area contributed by atoms with Crippen molar-refractivity contribution in [1.82, 2.24) is 10.2 Å². The Morgan fingerprint density at radius 2 is 2.11 bits per heavy atom. The fourth-order valence-electron chi connectivity index (χ4n) is 2.63. The molecule has 0 unspecified atom stereocenters. The summed E-state index contributed by atoms with van der Waals surface area (Å²) in [6.07, 6.45) is 1.45. The maximum Gasteiger partial charge on any atom is 0.294 e. The Hall–Kier alpha value is -2.74. The topological polar surface area (TPSA) is 123 Å². The fraction of sp³-hybridized carbons (Fsp3) is 0.368. The van der Waals surface area contributed by atoms with E-state index in [1.807, 2.05) is 25.7 Å². The van der Waals surface area contributed by atoms with Gasteiger partial charge in [-0.05, 0) is 30.2 Å². The molecule has 0 aliphatic carbocycles. The van der Waals surface area contributed by atoms with Crippen LogP contribution in [-0.2, 0) is 11.3 Å². The van der Waals surface area contributed by atoms with E-state index in [-0.39, 0.29) is 22.5 Å². The number of allylic oxidation sites excluding steroid dienone is 1. The SMILES string of the molecule is Cc1ccc(F)c(Cl)c1CN1CCNC(N)=C1/C=C(\N)C(=O)N=C(N)C(C)C. The minimum atomic E-state index is -0.642. The zero-order chi connectivity index (χ0) is 21.0. The van der Waals surface area contributed by atoms with Gasteiger partial charge in [-0.2, -0.15) is 4.99 Å². The second-order valence-corrected chi connectivity index (χ2v) is 7.28. The van der Waals surface area contributed by atoms with Gasteiger partial charge in [0, 0.05) is 25.6 Å². The molecule has 1 amide bonds. The van der Waals surface area contributed by atoms with Gasteiger partial charge in [-0.25, -0.2) is 4.39 Å². The average Bonchev–Trinajstić information content (AvgIpc) is 2.64. The molecule has 2 rings (SSSR count). The first-order valence-corrected chi connectivity index (χ1v) is 9.27. The zero-order valence-electron chi connectivity index (χ0n) is 16.2. The van der Waals surface area contributed by atoms with Crippen LogP contribution in [0.1, 0.15) is 25.0 Å². The molecule has 1 aromatic rings. The molecule has 0 saturated heterocycles. The van der Waals surface area contributed by atoms with Gasteiger partial charge < -0.3 is 27.4 Å². The number of carbonyl (C=O) groups is 1. The van der Waals surface area contributed by atoms with Gasteiger partial charge in [0.25, 0.3) is 5.91 Å². The number of hydrogen-bond donors (Lipinski definition) is 4. The Kier molecular flexibility index (Phi) is 6.90. The Bertz CT molecular complexity index is 862. The molecule has 1 aliphatic heterocycles. The molecule has 0 atom stereocenters. The molecule has 0 bridgehead atoms. The first kappa shape index (κ1) is 21.6. The number of carbonyl (C=O) groups excluding carboxylic acids is 1. The lowest BCUT2D eigenvalue weighted by Gasteiger charge is -2.32. The van der Waals surface area contributed by atoms with Crippen molar-refractivity contribution in [1.29, 1.82) is 0 Å². The lowest BCUT2D eigenvalue weighted by atomic mass is 10.1. The van der Waals surface area contributed by atoms with Gasteiger partial charge in [-0.1, -0.05) is 31.5 Å². The largest absolute Gasteiger partial charge is 0.394 e. The highest BCUT2D eigenvalue weighted by Crippen LogP contribution is 2.27. The molecule has 0 radical (unpaired) electrons. The fourth-order valence-corrected chi connectivity index (χ4v) is 2.91.